The van der Waals surface area contributed by atoms with Gasteiger partial charge >= 0.3 is 0 Å². The number of benzene rings is 2. The van der Waals surface area contributed by atoms with Crippen LogP contribution in [-0.4, -0.2) is 16.7 Å². The van der Waals surface area contributed by atoms with Crippen molar-refractivity contribution in [3.05, 3.63) is 42.6 Å². The van der Waals surface area contributed by atoms with E-state index in [4.69, 9.17) is 4.74 Å². The van der Waals surface area contributed by atoms with Gasteiger partial charge in [-0.2, -0.15) is 0 Å². The summed E-state index contributed by atoms with van der Waals surface area (Å²) in [6, 6.07) is 12.2. The first-order chi connectivity index (χ1) is 8.40. The zero-order valence-corrected chi connectivity index (χ0v) is 9.99. The number of methoxy groups -OCH3 is 1. The molecule has 0 saturated carbocycles. The van der Waals surface area contributed by atoms with Crippen LogP contribution in [0.2, 0.25) is 0 Å². The summed E-state index contributed by atoms with van der Waals surface area (Å²) < 4.78 is 9.27. The first kappa shape index (κ1) is 10.2. The maximum Gasteiger partial charge on any atom is 0.135 e. The maximum absolute atomic E-state index is 5.41. The van der Waals surface area contributed by atoms with Crippen LogP contribution in [-0.2, 0) is 0 Å². The Labute approximate surface area is 103 Å². The van der Waals surface area contributed by atoms with Crippen LogP contribution in [0.5, 0.6) is 5.75 Å². The predicted octanol–water partition coefficient (Wildman–Crippen LogP) is 3.17. The lowest BCUT2D eigenvalue weighted by molar-refractivity contribution is 0.417. The summed E-state index contributed by atoms with van der Waals surface area (Å²) >= 11 is 1.32. The van der Waals surface area contributed by atoms with Crippen LogP contribution in [0.25, 0.3) is 21.2 Å². The molecule has 0 aliphatic rings. The molecule has 0 aliphatic heterocycles. The lowest BCUT2D eigenvalue weighted by Crippen LogP contribution is -1.88. The molecular weight excluding hydrogens is 232 g/mol. The van der Waals surface area contributed by atoms with E-state index >= 15 is 0 Å². The minimum Gasteiger partial charge on any atom is -0.496 e. The Hall–Kier alpha value is -1.94. The molecule has 83 valence electrons. The Morgan fingerprint density at radius 3 is 2.82 bits per heavy atom. The van der Waals surface area contributed by atoms with Crippen LogP contribution in [0.15, 0.2) is 36.4 Å². The van der Waals surface area contributed by atoms with Gasteiger partial charge in [-0.1, -0.05) is 34.8 Å². The molecule has 4 heteroatoms. The van der Waals surface area contributed by atoms with Crippen molar-refractivity contribution in [2.45, 2.75) is 0 Å². The third kappa shape index (κ3) is 1.66. The van der Waals surface area contributed by atoms with E-state index in [2.05, 4.69) is 27.9 Å². The number of aromatic nitrogens is 2. The van der Waals surface area contributed by atoms with Gasteiger partial charge < -0.3 is 4.74 Å². The molecule has 1 aromatic heterocycles. The van der Waals surface area contributed by atoms with Gasteiger partial charge in [0.2, 0.25) is 0 Å². The molecule has 0 N–H and O–H groups in total. The Morgan fingerprint density at radius 2 is 2.06 bits per heavy atom. The third-order valence-electron chi connectivity index (χ3n) is 2.66. The Kier molecular flexibility index (Phi) is 2.49. The minimum atomic E-state index is 0.825. The van der Waals surface area contributed by atoms with Gasteiger partial charge in [0.05, 0.1) is 12.0 Å². The smallest absolute Gasteiger partial charge is 0.135 e. The molecule has 17 heavy (non-hydrogen) atoms. The van der Waals surface area contributed by atoms with Crippen molar-refractivity contribution < 1.29 is 4.74 Å². The van der Waals surface area contributed by atoms with E-state index in [1.807, 2.05) is 24.3 Å². The molecule has 0 bridgehead atoms. The molecule has 0 aliphatic carbocycles. The van der Waals surface area contributed by atoms with Crippen LogP contribution in [0.3, 0.4) is 0 Å². The molecule has 0 fully saturated rings. The first-order valence-corrected chi connectivity index (χ1v) is 5.93. The minimum absolute atomic E-state index is 0.825. The SMILES string of the molecule is COc1ccc2ccccc2c1-c1[c]nns1. The average molecular weight is 241 g/mol. The van der Waals surface area contributed by atoms with E-state index in [9.17, 15) is 0 Å². The number of nitrogens with zero attached hydrogens (tertiary/aromatic N) is 2. The van der Waals surface area contributed by atoms with Crippen LogP contribution < -0.4 is 4.74 Å². The van der Waals surface area contributed by atoms with Gasteiger partial charge in [-0.25, -0.2) is 0 Å². The molecule has 0 saturated heterocycles. The van der Waals surface area contributed by atoms with Gasteiger partial charge in [0, 0.05) is 5.56 Å². The maximum atomic E-state index is 5.41. The molecular formula is C13H9N2OS. The van der Waals surface area contributed by atoms with E-state index < -0.39 is 0 Å². The van der Waals surface area contributed by atoms with Gasteiger partial charge in [-0.15, -0.1) is 5.10 Å². The molecule has 3 nitrogen and oxygen atoms in total. The fourth-order valence-corrected chi connectivity index (χ4v) is 2.45. The van der Waals surface area contributed by atoms with Crippen molar-refractivity contribution >= 4 is 22.3 Å². The van der Waals surface area contributed by atoms with Crippen molar-refractivity contribution in [2.75, 3.05) is 7.11 Å². The second kappa shape index (κ2) is 4.14. The number of fused-ring (bicyclic) bond motifs is 1. The van der Waals surface area contributed by atoms with Gasteiger partial charge in [-0.05, 0) is 28.4 Å². The zero-order valence-electron chi connectivity index (χ0n) is 9.18. The standard InChI is InChI=1S/C13H9N2OS/c1-16-11-7-6-9-4-2-3-5-10(9)13(11)12-8-14-15-17-12/h2-7H,1H3. The van der Waals surface area contributed by atoms with E-state index in [-0.39, 0.29) is 0 Å². The van der Waals surface area contributed by atoms with Crippen molar-refractivity contribution in [1.82, 2.24) is 9.59 Å². The lowest BCUT2D eigenvalue weighted by atomic mass is 10.0. The Bertz CT molecular complexity index is 650. The van der Waals surface area contributed by atoms with Crippen LogP contribution in [0, 0.1) is 6.20 Å². The summed E-state index contributed by atoms with van der Waals surface area (Å²) in [7, 11) is 1.67. The molecule has 3 aromatic rings. The van der Waals surface area contributed by atoms with Crippen LogP contribution in [0.1, 0.15) is 0 Å². The Balaban J connectivity index is 2.39. The molecule has 2 aromatic carbocycles. The summed E-state index contributed by atoms with van der Waals surface area (Å²) in [6.45, 7) is 0. The molecule has 3 rings (SSSR count). The van der Waals surface area contributed by atoms with E-state index in [0.717, 1.165) is 21.6 Å². The summed E-state index contributed by atoms with van der Waals surface area (Å²) in [6.07, 6.45) is 2.90. The highest BCUT2D eigenvalue weighted by Gasteiger charge is 2.12. The second-order valence-corrected chi connectivity index (χ2v) is 4.33. The van der Waals surface area contributed by atoms with Crippen molar-refractivity contribution in [3.8, 4) is 16.2 Å². The summed E-state index contributed by atoms with van der Waals surface area (Å²) in [5.41, 5.74) is 1.01. The van der Waals surface area contributed by atoms with Crippen molar-refractivity contribution in [2.24, 2.45) is 0 Å². The highest BCUT2D eigenvalue weighted by Crippen LogP contribution is 2.37. The monoisotopic (exact) mass is 241 g/mol. The largest absolute Gasteiger partial charge is 0.496 e. The fraction of sp³-hybridized carbons (Fsp3) is 0.0769. The Morgan fingerprint density at radius 1 is 1.18 bits per heavy atom. The lowest BCUT2D eigenvalue weighted by Gasteiger charge is -2.09. The summed E-state index contributed by atoms with van der Waals surface area (Å²) in [5, 5.41) is 6.07. The van der Waals surface area contributed by atoms with Gasteiger partial charge in [-0.3, -0.25) is 0 Å². The number of hydrogen-bond donors (Lipinski definition) is 0. The first-order valence-electron chi connectivity index (χ1n) is 5.16. The normalized spacial score (nSPS) is 10.6. The predicted molar refractivity (Wildman–Crippen MR) is 68.2 cm³/mol. The van der Waals surface area contributed by atoms with Crippen LogP contribution in [0.4, 0.5) is 0 Å². The molecule has 1 radical (unpaired) electrons. The van der Waals surface area contributed by atoms with Crippen LogP contribution >= 0.6 is 11.5 Å². The molecule has 1 heterocycles. The fourth-order valence-electron chi connectivity index (χ4n) is 1.90. The number of ether oxygens (including phenoxy) is 1. The van der Waals surface area contributed by atoms with E-state index in [0.29, 0.717) is 0 Å². The van der Waals surface area contributed by atoms with Crippen molar-refractivity contribution in [1.29, 1.82) is 0 Å². The molecule has 0 atom stereocenters. The van der Waals surface area contributed by atoms with Crippen molar-refractivity contribution in [3.63, 3.8) is 0 Å². The molecule has 0 unspecified atom stereocenters. The van der Waals surface area contributed by atoms with Gasteiger partial charge in [0.1, 0.15) is 11.9 Å². The number of rotatable bonds is 2. The van der Waals surface area contributed by atoms with Gasteiger partial charge in [0.25, 0.3) is 0 Å². The average Bonchev–Trinajstić information content (AvgIpc) is 2.91. The quantitative estimate of drug-likeness (QED) is 0.691. The summed E-state index contributed by atoms with van der Waals surface area (Å²) in [4.78, 5) is 0.902. The molecule has 0 spiro atoms. The highest BCUT2D eigenvalue weighted by molar-refractivity contribution is 7.09. The highest BCUT2D eigenvalue weighted by atomic mass is 32.1. The topological polar surface area (TPSA) is 35.0 Å². The second-order valence-electron chi connectivity index (χ2n) is 3.58. The zero-order chi connectivity index (χ0) is 11.7. The van der Waals surface area contributed by atoms with E-state index in [1.165, 1.54) is 16.9 Å². The molecule has 0 amide bonds. The number of hydrogen-bond acceptors (Lipinski definition) is 4. The third-order valence-corrected chi connectivity index (χ3v) is 3.30. The van der Waals surface area contributed by atoms with E-state index in [1.54, 1.807) is 7.11 Å². The van der Waals surface area contributed by atoms with Gasteiger partial charge in [0.15, 0.2) is 0 Å². The summed E-state index contributed by atoms with van der Waals surface area (Å²) in [5.74, 6) is 0.825.